The number of hydrogen-bond acceptors (Lipinski definition) is 3. The predicted octanol–water partition coefficient (Wildman–Crippen LogP) is 1.58. The van der Waals surface area contributed by atoms with Crippen molar-refractivity contribution in [2.45, 2.75) is 18.1 Å². The first-order valence-electron chi connectivity index (χ1n) is 4.72. The van der Waals surface area contributed by atoms with E-state index < -0.39 is 4.75 Å². The lowest BCUT2D eigenvalue weighted by Crippen LogP contribution is -2.30. The van der Waals surface area contributed by atoms with E-state index in [0.29, 0.717) is 11.6 Å². The highest BCUT2D eigenvalue weighted by molar-refractivity contribution is 8.16. The fourth-order valence-corrected chi connectivity index (χ4v) is 2.57. The minimum absolute atomic E-state index is 0.131. The Morgan fingerprint density at radius 2 is 2.07 bits per heavy atom. The number of amides is 1. The monoisotopic (exact) mass is 220 g/mol. The van der Waals surface area contributed by atoms with E-state index in [1.54, 1.807) is 0 Å². The van der Waals surface area contributed by atoms with Crippen LogP contribution in [0.1, 0.15) is 12.5 Å². The van der Waals surface area contributed by atoms with Crippen LogP contribution in [0.4, 0.5) is 0 Å². The second kappa shape index (κ2) is 3.70. The van der Waals surface area contributed by atoms with E-state index >= 15 is 0 Å². The van der Waals surface area contributed by atoms with Crippen LogP contribution in [0.25, 0.3) is 0 Å². The summed E-state index contributed by atoms with van der Waals surface area (Å²) < 4.78 is -0.522. The zero-order chi connectivity index (χ0) is 10.9. The van der Waals surface area contributed by atoms with Crippen LogP contribution in [-0.2, 0) is 11.2 Å². The summed E-state index contributed by atoms with van der Waals surface area (Å²) in [6.45, 7) is 1.89. The summed E-state index contributed by atoms with van der Waals surface area (Å²) >= 11 is 1.35. The van der Waals surface area contributed by atoms with Crippen LogP contribution in [0.15, 0.2) is 35.3 Å². The third-order valence-corrected chi connectivity index (χ3v) is 3.45. The summed E-state index contributed by atoms with van der Waals surface area (Å²) in [5, 5.41) is 0.374. The maximum absolute atomic E-state index is 11.6. The molecular formula is C11H12N2OS. The topological polar surface area (TPSA) is 55.4 Å². The van der Waals surface area contributed by atoms with Gasteiger partial charge in [-0.1, -0.05) is 42.1 Å². The standard InChI is InChI=1S/C11H12N2OS/c1-11(9(14)13-10(12)15-11)7-8-5-3-2-4-6-8/h2-6H,7H2,1H3,(H2,12,13,14). The van der Waals surface area contributed by atoms with E-state index in [0.717, 1.165) is 5.56 Å². The largest absolute Gasteiger partial charge is 0.378 e. The molecule has 4 heteroatoms. The Morgan fingerprint density at radius 1 is 1.40 bits per heavy atom. The molecule has 0 aliphatic carbocycles. The van der Waals surface area contributed by atoms with Crippen LogP contribution in [0.3, 0.4) is 0 Å². The van der Waals surface area contributed by atoms with Crippen molar-refractivity contribution in [2.24, 2.45) is 10.7 Å². The van der Waals surface area contributed by atoms with Gasteiger partial charge in [0.05, 0.1) is 0 Å². The van der Waals surface area contributed by atoms with Crippen LogP contribution in [-0.4, -0.2) is 15.8 Å². The Bertz CT molecular complexity index is 416. The Balaban J connectivity index is 2.17. The molecule has 0 fully saturated rings. The summed E-state index contributed by atoms with van der Waals surface area (Å²) in [5.41, 5.74) is 6.68. The Labute approximate surface area is 92.8 Å². The number of nitrogens with zero attached hydrogens (tertiary/aromatic N) is 1. The predicted molar refractivity (Wildman–Crippen MR) is 62.8 cm³/mol. The van der Waals surface area contributed by atoms with Gasteiger partial charge in [-0.2, -0.15) is 4.99 Å². The molecule has 2 N–H and O–H groups in total. The lowest BCUT2D eigenvalue weighted by Gasteiger charge is -2.19. The van der Waals surface area contributed by atoms with Crippen molar-refractivity contribution in [3.8, 4) is 0 Å². The Hall–Kier alpha value is -1.29. The number of nitrogens with two attached hydrogens (primary N) is 1. The number of thioether (sulfide) groups is 1. The molecule has 15 heavy (non-hydrogen) atoms. The van der Waals surface area contributed by atoms with Gasteiger partial charge < -0.3 is 5.73 Å². The van der Waals surface area contributed by atoms with Crippen molar-refractivity contribution < 1.29 is 4.79 Å². The molecule has 0 aromatic heterocycles. The Kier molecular flexibility index (Phi) is 2.52. The molecule has 78 valence electrons. The summed E-state index contributed by atoms with van der Waals surface area (Å²) in [7, 11) is 0. The van der Waals surface area contributed by atoms with Crippen molar-refractivity contribution in [3.63, 3.8) is 0 Å². The highest BCUT2D eigenvalue weighted by Crippen LogP contribution is 2.35. The molecule has 0 saturated heterocycles. The van der Waals surface area contributed by atoms with Crippen LogP contribution < -0.4 is 5.73 Å². The molecule has 1 aliphatic heterocycles. The molecule has 1 unspecified atom stereocenters. The summed E-state index contributed by atoms with van der Waals surface area (Å²) in [6.07, 6.45) is 0.668. The summed E-state index contributed by atoms with van der Waals surface area (Å²) in [6, 6.07) is 9.90. The first-order chi connectivity index (χ1) is 7.10. The van der Waals surface area contributed by atoms with Gasteiger partial charge in [0.25, 0.3) is 5.91 Å². The first kappa shape index (κ1) is 10.2. The Morgan fingerprint density at radius 3 is 2.60 bits per heavy atom. The van der Waals surface area contributed by atoms with Gasteiger partial charge in [0.2, 0.25) is 0 Å². The molecule has 2 rings (SSSR count). The van der Waals surface area contributed by atoms with Gasteiger partial charge >= 0.3 is 0 Å². The molecule has 1 aromatic carbocycles. The van der Waals surface area contributed by atoms with Gasteiger partial charge in [-0.05, 0) is 18.9 Å². The fourth-order valence-electron chi connectivity index (χ4n) is 1.61. The maximum atomic E-state index is 11.6. The lowest BCUT2D eigenvalue weighted by molar-refractivity contribution is -0.119. The van der Waals surface area contributed by atoms with Gasteiger partial charge in [0.1, 0.15) is 4.75 Å². The van der Waals surface area contributed by atoms with Crippen molar-refractivity contribution in [1.29, 1.82) is 0 Å². The zero-order valence-electron chi connectivity index (χ0n) is 8.43. The van der Waals surface area contributed by atoms with Crippen LogP contribution in [0, 0.1) is 0 Å². The molecule has 0 bridgehead atoms. The third-order valence-electron chi connectivity index (χ3n) is 2.38. The van der Waals surface area contributed by atoms with E-state index in [1.165, 1.54) is 11.8 Å². The molecule has 0 radical (unpaired) electrons. The number of rotatable bonds is 2. The van der Waals surface area contributed by atoms with E-state index in [9.17, 15) is 4.79 Å². The average molecular weight is 220 g/mol. The van der Waals surface area contributed by atoms with Gasteiger partial charge in [-0.25, -0.2) is 0 Å². The lowest BCUT2D eigenvalue weighted by atomic mass is 10.00. The molecule has 3 nitrogen and oxygen atoms in total. The van der Waals surface area contributed by atoms with Crippen molar-refractivity contribution >= 4 is 22.8 Å². The van der Waals surface area contributed by atoms with E-state index in [1.807, 2.05) is 37.3 Å². The normalized spacial score (nSPS) is 25.4. The SMILES string of the molecule is CC1(Cc2ccccc2)SC(N)=NC1=O. The molecule has 1 aliphatic rings. The molecule has 1 heterocycles. The van der Waals surface area contributed by atoms with Crippen molar-refractivity contribution in [2.75, 3.05) is 0 Å². The second-order valence-corrected chi connectivity index (χ2v) is 5.27. The van der Waals surface area contributed by atoms with E-state index in [2.05, 4.69) is 4.99 Å². The van der Waals surface area contributed by atoms with Gasteiger partial charge in [-0.15, -0.1) is 0 Å². The smallest absolute Gasteiger partial charge is 0.264 e. The minimum atomic E-state index is -0.522. The quantitative estimate of drug-likeness (QED) is 0.823. The zero-order valence-corrected chi connectivity index (χ0v) is 9.25. The van der Waals surface area contributed by atoms with Gasteiger partial charge in [0.15, 0.2) is 5.17 Å². The van der Waals surface area contributed by atoms with E-state index in [-0.39, 0.29) is 5.91 Å². The van der Waals surface area contributed by atoms with Gasteiger partial charge in [-0.3, -0.25) is 4.79 Å². The second-order valence-electron chi connectivity index (χ2n) is 3.75. The van der Waals surface area contributed by atoms with Crippen LogP contribution in [0.5, 0.6) is 0 Å². The number of carbonyl (C=O) groups is 1. The van der Waals surface area contributed by atoms with E-state index in [4.69, 9.17) is 5.73 Å². The van der Waals surface area contributed by atoms with Gasteiger partial charge in [0, 0.05) is 0 Å². The van der Waals surface area contributed by atoms with Crippen molar-refractivity contribution in [1.82, 2.24) is 0 Å². The number of aliphatic imine (C=N–C) groups is 1. The highest BCUT2D eigenvalue weighted by atomic mass is 32.2. The van der Waals surface area contributed by atoms with Crippen LogP contribution in [0.2, 0.25) is 0 Å². The molecular weight excluding hydrogens is 208 g/mol. The average Bonchev–Trinajstić information content (AvgIpc) is 2.41. The molecule has 0 spiro atoms. The molecule has 0 saturated carbocycles. The summed E-state index contributed by atoms with van der Waals surface area (Å²) in [4.78, 5) is 15.4. The molecule has 1 amide bonds. The third kappa shape index (κ3) is 2.04. The number of amidine groups is 1. The minimum Gasteiger partial charge on any atom is -0.378 e. The number of benzene rings is 1. The maximum Gasteiger partial charge on any atom is 0.264 e. The number of hydrogen-bond donors (Lipinski definition) is 1. The molecule has 1 atom stereocenters. The first-order valence-corrected chi connectivity index (χ1v) is 5.53. The highest BCUT2D eigenvalue weighted by Gasteiger charge is 2.40. The number of carbonyl (C=O) groups excluding carboxylic acids is 1. The van der Waals surface area contributed by atoms with Crippen molar-refractivity contribution in [3.05, 3.63) is 35.9 Å². The summed E-state index contributed by atoms with van der Waals surface area (Å²) in [5.74, 6) is -0.131. The molecule has 1 aromatic rings. The van der Waals surface area contributed by atoms with Crippen LogP contribution >= 0.6 is 11.8 Å². The fraction of sp³-hybridized carbons (Fsp3) is 0.273.